The van der Waals surface area contributed by atoms with E-state index in [9.17, 15) is 9.59 Å². The van der Waals surface area contributed by atoms with E-state index in [-0.39, 0.29) is 16.8 Å². The molecule has 0 radical (unpaired) electrons. The molecule has 2 rings (SSSR count). The number of carbonyl (C=O) groups excluding carboxylic acids is 1. The Hall–Kier alpha value is -1.21. The van der Waals surface area contributed by atoms with E-state index in [1.807, 2.05) is 0 Å². The predicted octanol–water partition coefficient (Wildman–Crippen LogP) is 2.17. The molecule has 0 fully saturated rings. The van der Waals surface area contributed by atoms with Gasteiger partial charge in [0.1, 0.15) is 11.3 Å². The lowest BCUT2D eigenvalue weighted by Gasteiger charge is -2.01. The number of aromatic nitrogens is 3. The number of aryl methyl sites for hydroxylation is 2. The molecule has 2 aromatic rings. The first kappa shape index (κ1) is 13.2. The molecule has 0 bridgehead atoms. The quantitative estimate of drug-likeness (QED) is 0.819. The van der Waals surface area contributed by atoms with Crippen LogP contribution in [0, 0.1) is 6.92 Å². The molecule has 0 aliphatic heterocycles. The van der Waals surface area contributed by atoms with Crippen molar-refractivity contribution in [1.29, 1.82) is 0 Å². The van der Waals surface area contributed by atoms with Crippen molar-refractivity contribution in [3.63, 3.8) is 0 Å². The monoisotopic (exact) mass is 373 g/mol. The number of pyridine rings is 1. The minimum atomic E-state index is -0.395. The van der Waals surface area contributed by atoms with E-state index in [2.05, 4.69) is 41.9 Å². The lowest BCUT2D eigenvalue weighted by Crippen LogP contribution is -2.20. The Labute approximate surface area is 119 Å². The highest BCUT2D eigenvalue weighted by Crippen LogP contribution is 2.21. The van der Waals surface area contributed by atoms with E-state index in [1.54, 1.807) is 20.0 Å². The van der Waals surface area contributed by atoms with Gasteiger partial charge in [-0.2, -0.15) is 0 Å². The third kappa shape index (κ3) is 2.20. The zero-order valence-corrected chi connectivity index (χ0v) is 12.8. The molecular weight excluding hydrogens is 366 g/mol. The fraction of sp³-hybridized carbons (Fsp3) is 0.182. The maximum absolute atomic E-state index is 12.3. The van der Waals surface area contributed by atoms with Gasteiger partial charge in [-0.25, -0.2) is 0 Å². The number of rotatable bonds is 2. The smallest absolute Gasteiger partial charge is 0.277 e. The van der Waals surface area contributed by atoms with E-state index in [0.717, 1.165) is 4.47 Å². The molecule has 0 atom stereocenters. The highest BCUT2D eigenvalue weighted by Gasteiger charge is 2.22. The number of ketones is 1. The molecule has 1 N–H and O–H groups in total. The van der Waals surface area contributed by atoms with Gasteiger partial charge in [-0.3, -0.25) is 24.4 Å². The van der Waals surface area contributed by atoms with Gasteiger partial charge in [0.25, 0.3) is 5.56 Å². The normalized spacial score (nSPS) is 10.7. The summed E-state index contributed by atoms with van der Waals surface area (Å²) in [7, 11) is 1.57. The van der Waals surface area contributed by atoms with Crippen LogP contribution in [0.1, 0.15) is 21.7 Å². The molecule has 2 heterocycles. The van der Waals surface area contributed by atoms with Crippen LogP contribution in [-0.2, 0) is 7.05 Å². The third-order valence-electron chi connectivity index (χ3n) is 2.48. The number of H-pyrrole nitrogens is 1. The molecule has 0 saturated carbocycles. The lowest BCUT2D eigenvalue weighted by atomic mass is 10.1. The molecule has 18 heavy (non-hydrogen) atoms. The summed E-state index contributed by atoms with van der Waals surface area (Å²) in [5.74, 6) is -0.395. The first-order valence-corrected chi connectivity index (χ1v) is 6.61. The summed E-state index contributed by atoms with van der Waals surface area (Å²) >= 11 is 6.53. The maximum atomic E-state index is 12.3. The van der Waals surface area contributed by atoms with E-state index in [4.69, 9.17) is 0 Å². The van der Waals surface area contributed by atoms with Crippen LogP contribution in [0.4, 0.5) is 0 Å². The fourth-order valence-electron chi connectivity index (χ4n) is 1.65. The Kier molecular flexibility index (Phi) is 3.54. The van der Waals surface area contributed by atoms with Crippen LogP contribution in [0.2, 0.25) is 0 Å². The van der Waals surface area contributed by atoms with Crippen LogP contribution in [0.25, 0.3) is 0 Å². The van der Waals surface area contributed by atoms with Crippen molar-refractivity contribution in [2.45, 2.75) is 6.92 Å². The SMILES string of the molecule is Cc1[nH]n(C)c(=O)c1C(=O)c1ncc(Br)cc1Br. The molecule has 0 spiro atoms. The molecule has 5 nitrogen and oxygen atoms in total. The minimum absolute atomic E-state index is 0.119. The number of carbonyl (C=O) groups is 1. The van der Waals surface area contributed by atoms with E-state index < -0.39 is 5.78 Å². The van der Waals surface area contributed by atoms with Crippen molar-refractivity contribution in [3.05, 3.63) is 48.5 Å². The number of hydrogen-bond acceptors (Lipinski definition) is 3. The average molecular weight is 375 g/mol. The highest BCUT2D eigenvalue weighted by molar-refractivity contribution is 9.11. The van der Waals surface area contributed by atoms with Crippen molar-refractivity contribution in [2.24, 2.45) is 7.05 Å². The molecule has 0 aromatic carbocycles. The van der Waals surface area contributed by atoms with Crippen molar-refractivity contribution in [3.8, 4) is 0 Å². The standard InChI is InChI=1S/C11H9Br2N3O2/c1-5-8(11(18)16(2)15-5)10(17)9-7(13)3-6(12)4-14-9/h3-4,15H,1-2H3. The van der Waals surface area contributed by atoms with Crippen LogP contribution in [-0.4, -0.2) is 20.5 Å². The summed E-state index contributed by atoms with van der Waals surface area (Å²) in [6.07, 6.45) is 1.52. The summed E-state index contributed by atoms with van der Waals surface area (Å²) < 4.78 is 2.57. The van der Waals surface area contributed by atoms with Crippen molar-refractivity contribution in [1.82, 2.24) is 14.8 Å². The number of halogens is 2. The summed E-state index contributed by atoms with van der Waals surface area (Å²) in [5, 5.41) is 2.79. The number of hydrogen-bond donors (Lipinski definition) is 1. The van der Waals surface area contributed by atoms with E-state index >= 15 is 0 Å². The van der Waals surface area contributed by atoms with Crippen LogP contribution in [0.3, 0.4) is 0 Å². The van der Waals surface area contributed by atoms with Gasteiger partial charge in [0, 0.05) is 27.9 Å². The second-order valence-corrected chi connectivity index (χ2v) is 5.56. The molecule has 0 unspecified atom stereocenters. The zero-order valence-electron chi connectivity index (χ0n) is 9.62. The molecule has 0 aliphatic rings. The summed E-state index contributed by atoms with van der Waals surface area (Å²) in [6.45, 7) is 1.68. The van der Waals surface area contributed by atoms with Crippen LogP contribution in [0.15, 0.2) is 26.0 Å². The Bertz CT molecular complexity index is 688. The summed E-state index contributed by atoms with van der Waals surface area (Å²) in [5.41, 5.74) is 0.518. The van der Waals surface area contributed by atoms with Gasteiger partial charge < -0.3 is 0 Å². The van der Waals surface area contributed by atoms with Gasteiger partial charge in [-0.15, -0.1) is 0 Å². The molecule has 94 valence electrons. The van der Waals surface area contributed by atoms with Crippen molar-refractivity contribution >= 4 is 37.6 Å². The Morgan fingerprint density at radius 3 is 2.61 bits per heavy atom. The predicted molar refractivity (Wildman–Crippen MR) is 73.8 cm³/mol. The molecule has 0 aliphatic carbocycles. The largest absolute Gasteiger partial charge is 0.299 e. The third-order valence-corrected chi connectivity index (χ3v) is 3.52. The fourth-order valence-corrected chi connectivity index (χ4v) is 2.82. The van der Waals surface area contributed by atoms with E-state index in [1.165, 1.54) is 10.9 Å². The first-order valence-electron chi connectivity index (χ1n) is 5.03. The first-order chi connectivity index (χ1) is 8.41. The minimum Gasteiger partial charge on any atom is -0.299 e. The number of nitrogens with zero attached hydrogens (tertiary/aromatic N) is 2. The zero-order chi connectivity index (χ0) is 13.4. The van der Waals surface area contributed by atoms with Crippen molar-refractivity contribution < 1.29 is 4.79 Å². The van der Waals surface area contributed by atoms with Crippen LogP contribution in [0.5, 0.6) is 0 Å². The Morgan fingerprint density at radius 2 is 2.11 bits per heavy atom. The average Bonchev–Trinajstić information content (AvgIpc) is 2.52. The van der Waals surface area contributed by atoms with Gasteiger partial charge in [0.05, 0.1) is 0 Å². The van der Waals surface area contributed by atoms with Gasteiger partial charge >= 0.3 is 0 Å². The van der Waals surface area contributed by atoms with E-state index in [0.29, 0.717) is 10.2 Å². The second kappa shape index (κ2) is 4.81. The molecule has 0 saturated heterocycles. The Morgan fingerprint density at radius 1 is 1.44 bits per heavy atom. The number of nitrogens with one attached hydrogen (secondary N) is 1. The van der Waals surface area contributed by atoms with Crippen LogP contribution < -0.4 is 5.56 Å². The lowest BCUT2D eigenvalue weighted by molar-refractivity contribution is 0.103. The van der Waals surface area contributed by atoms with Gasteiger partial charge in [0.2, 0.25) is 5.78 Å². The topological polar surface area (TPSA) is 67.8 Å². The van der Waals surface area contributed by atoms with Crippen molar-refractivity contribution in [2.75, 3.05) is 0 Å². The molecule has 0 amide bonds. The van der Waals surface area contributed by atoms with Gasteiger partial charge in [-0.1, -0.05) is 0 Å². The summed E-state index contributed by atoms with van der Waals surface area (Å²) in [4.78, 5) is 28.2. The molecule has 7 heteroatoms. The molecular formula is C11H9Br2N3O2. The highest BCUT2D eigenvalue weighted by atomic mass is 79.9. The van der Waals surface area contributed by atoms with Crippen LogP contribution >= 0.6 is 31.9 Å². The van der Waals surface area contributed by atoms with Gasteiger partial charge in [-0.05, 0) is 44.8 Å². The second-order valence-electron chi connectivity index (χ2n) is 3.79. The molecule has 2 aromatic heterocycles. The summed E-state index contributed by atoms with van der Waals surface area (Å²) in [6, 6.07) is 1.71. The Balaban J connectivity index is 2.58. The number of aromatic amines is 1. The van der Waals surface area contributed by atoms with Gasteiger partial charge in [0.15, 0.2) is 0 Å². The maximum Gasteiger partial charge on any atom is 0.277 e.